The molecule has 0 saturated heterocycles. The fourth-order valence-corrected chi connectivity index (χ4v) is 8.27. The number of para-hydroxylation sites is 1. The smallest absolute Gasteiger partial charge is 0.500 e. The molecule has 0 radical (unpaired) electrons. The summed E-state index contributed by atoms with van der Waals surface area (Å²) in [7, 11) is 3.78. The van der Waals surface area contributed by atoms with Gasteiger partial charge in [-0.15, -0.1) is 35.9 Å². The third kappa shape index (κ3) is 8.45. The first-order chi connectivity index (χ1) is 31.2. The second-order valence-corrected chi connectivity index (χ2v) is 16.2. The SMILES string of the molecule is CC(C)c1cc(-c2ccccc2)cc(C(C)C)c1-c1cccc2nc(-c3[c-]ccc4c3oc3cc(-c5ccccc5)ccc34)oc12.[2H]C([2H])([2H])c1ccc(-c2ccc(F)cc2[CH2-])[n+]([CH2-])c1.[Ir+3]. The van der Waals surface area contributed by atoms with Crippen molar-refractivity contribution in [1.82, 2.24) is 4.98 Å². The molecule has 6 heteroatoms. The molecule has 0 bridgehead atoms. The van der Waals surface area contributed by atoms with Gasteiger partial charge in [-0.1, -0.05) is 148 Å². The van der Waals surface area contributed by atoms with Crippen LogP contribution in [0.5, 0.6) is 0 Å². The number of aryl methyl sites for hydroxylation is 1. The molecule has 10 rings (SSSR count). The van der Waals surface area contributed by atoms with Gasteiger partial charge < -0.3 is 13.4 Å². The Kier molecular flexibility index (Phi) is 11.1. The van der Waals surface area contributed by atoms with Crippen LogP contribution < -0.4 is 4.57 Å². The van der Waals surface area contributed by atoms with Crippen LogP contribution in [0.25, 0.3) is 89.1 Å². The van der Waals surface area contributed by atoms with Gasteiger partial charge in [0.25, 0.3) is 0 Å². The van der Waals surface area contributed by atoms with Crippen LogP contribution >= 0.6 is 0 Å². The Labute approximate surface area is 386 Å². The monoisotopic (exact) mass is 1010 g/mol. The minimum atomic E-state index is -2.17. The fraction of sp³-hybridized carbons (Fsp3) is 0.123. The largest absolute Gasteiger partial charge is 3.00 e. The molecule has 0 atom stereocenters. The molecule has 3 heterocycles. The normalized spacial score (nSPS) is 12.2. The molecule has 0 saturated carbocycles. The number of halogens is 1. The standard InChI is InChI=1S/C43H34NO2.C14H13FN.Ir/c1-26(2)36-23-31(29-15-9-6-10-16-29)24-37(27(3)4)40(36)34-18-12-20-38-42(34)46-43(44-38)35-19-11-17-33-32-22-21-30(25-39(32)45-41(33)35)28-13-7-5-8-14-28;1-10-4-7-14(16(3)9-10)13-6-5-12(15)8-11(13)2;/h5-18,20-27H,1-4H3;4-9H,2-3H2,1H3;/q2*-1;+3/i;1D3;. The molecule has 0 unspecified atom stereocenters. The van der Waals surface area contributed by atoms with Crippen LogP contribution in [0, 0.1) is 32.7 Å². The maximum absolute atomic E-state index is 13.0. The molecule has 10 aromatic rings. The van der Waals surface area contributed by atoms with Gasteiger partial charge in [-0.25, -0.2) is 4.39 Å². The van der Waals surface area contributed by atoms with Crippen LogP contribution in [0.1, 0.15) is 65.9 Å². The van der Waals surface area contributed by atoms with Gasteiger partial charge in [-0.05, 0) is 80.9 Å². The molecule has 7 aromatic carbocycles. The third-order valence-corrected chi connectivity index (χ3v) is 11.4. The van der Waals surface area contributed by atoms with Crippen LogP contribution in [-0.2, 0) is 20.1 Å². The molecule has 0 aliphatic carbocycles. The summed E-state index contributed by atoms with van der Waals surface area (Å²) in [5.41, 5.74) is 15.6. The summed E-state index contributed by atoms with van der Waals surface area (Å²) >= 11 is 0. The number of pyridine rings is 1. The number of oxazole rings is 1. The number of fused-ring (bicyclic) bond motifs is 4. The Morgan fingerprint density at radius 1 is 0.667 bits per heavy atom. The van der Waals surface area contributed by atoms with Crippen molar-refractivity contribution in [2.45, 2.75) is 46.4 Å². The second kappa shape index (κ2) is 17.9. The number of benzene rings is 7. The van der Waals surface area contributed by atoms with E-state index in [1.807, 2.05) is 18.2 Å². The molecular formula is C57H47FIrN2O2+. The molecule has 0 N–H and O–H groups in total. The van der Waals surface area contributed by atoms with E-state index in [9.17, 15) is 4.39 Å². The van der Waals surface area contributed by atoms with Gasteiger partial charge in [-0.3, -0.25) is 4.98 Å². The third-order valence-electron chi connectivity index (χ3n) is 11.4. The number of rotatable bonds is 7. The summed E-state index contributed by atoms with van der Waals surface area (Å²) in [5.74, 6) is 0.774. The van der Waals surface area contributed by atoms with Crippen LogP contribution in [0.4, 0.5) is 4.39 Å². The number of nitrogens with zero attached hydrogens (tertiary/aromatic N) is 2. The van der Waals surface area contributed by atoms with Crippen LogP contribution in [0.15, 0.2) is 167 Å². The Balaban J connectivity index is 0.000000249. The van der Waals surface area contributed by atoms with E-state index >= 15 is 0 Å². The van der Waals surface area contributed by atoms with Gasteiger partial charge in [0.15, 0.2) is 0 Å². The molecular weight excluding hydrogens is 956 g/mol. The first-order valence-corrected chi connectivity index (χ1v) is 20.8. The predicted molar refractivity (Wildman–Crippen MR) is 252 cm³/mol. The topological polar surface area (TPSA) is 43.1 Å². The molecule has 4 nitrogen and oxygen atoms in total. The second-order valence-electron chi connectivity index (χ2n) is 16.2. The maximum atomic E-state index is 13.0. The van der Waals surface area contributed by atoms with Gasteiger partial charge in [-0.2, -0.15) is 12.5 Å². The summed E-state index contributed by atoms with van der Waals surface area (Å²) in [6.07, 6.45) is 1.45. The number of hydrogen-bond donors (Lipinski definition) is 0. The zero-order valence-corrected chi connectivity index (χ0v) is 37.9. The Morgan fingerprint density at radius 3 is 2.02 bits per heavy atom. The number of furan rings is 1. The van der Waals surface area contributed by atoms with Gasteiger partial charge in [0, 0.05) is 22.1 Å². The molecule has 0 spiro atoms. The minimum absolute atomic E-state index is 0. The van der Waals surface area contributed by atoms with E-state index in [0.717, 1.165) is 55.3 Å². The van der Waals surface area contributed by atoms with Crippen molar-refractivity contribution in [2.75, 3.05) is 0 Å². The molecule has 312 valence electrons. The Morgan fingerprint density at radius 2 is 1.37 bits per heavy atom. The molecule has 63 heavy (non-hydrogen) atoms. The minimum Gasteiger partial charge on any atom is -0.500 e. The first-order valence-electron chi connectivity index (χ1n) is 22.3. The van der Waals surface area contributed by atoms with Crippen molar-refractivity contribution >= 4 is 33.0 Å². The van der Waals surface area contributed by atoms with E-state index in [1.165, 1.54) is 56.8 Å². The van der Waals surface area contributed by atoms with Crippen LogP contribution in [0.3, 0.4) is 0 Å². The summed E-state index contributed by atoms with van der Waals surface area (Å²) < 4.78 is 49.8. The number of aromatic nitrogens is 2. The van der Waals surface area contributed by atoms with Crippen molar-refractivity contribution in [3.63, 3.8) is 0 Å². The van der Waals surface area contributed by atoms with Crippen LogP contribution in [-0.4, -0.2) is 4.98 Å². The van der Waals surface area contributed by atoms with Crippen molar-refractivity contribution in [1.29, 1.82) is 0 Å². The Hall–Kier alpha value is -6.72. The molecule has 0 amide bonds. The van der Waals surface area contributed by atoms with Crippen LogP contribution in [0.2, 0.25) is 0 Å². The van der Waals surface area contributed by atoms with E-state index in [-0.39, 0.29) is 31.5 Å². The van der Waals surface area contributed by atoms with Gasteiger partial charge in [0.2, 0.25) is 0 Å². The summed E-state index contributed by atoms with van der Waals surface area (Å²) in [5, 5.41) is 2.08. The summed E-state index contributed by atoms with van der Waals surface area (Å²) in [4.78, 5) is 5.01. The zero-order valence-electron chi connectivity index (χ0n) is 38.5. The first kappa shape index (κ1) is 39.1. The maximum Gasteiger partial charge on any atom is 3.00 e. The van der Waals surface area contributed by atoms with E-state index in [1.54, 1.807) is 12.1 Å². The molecule has 0 aliphatic rings. The predicted octanol–water partition coefficient (Wildman–Crippen LogP) is 15.4. The van der Waals surface area contributed by atoms with Gasteiger partial charge in [0.05, 0.1) is 28.8 Å². The van der Waals surface area contributed by atoms with Crippen molar-refractivity contribution in [3.8, 4) is 56.1 Å². The van der Waals surface area contributed by atoms with E-state index < -0.39 is 6.85 Å². The average molecular weight is 1010 g/mol. The molecule has 0 fully saturated rings. The zero-order chi connectivity index (χ0) is 45.6. The molecule has 3 aromatic heterocycles. The Bertz CT molecular complexity index is 3330. The fourth-order valence-electron chi connectivity index (χ4n) is 8.27. The summed E-state index contributed by atoms with van der Waals surface area (Å²) in [6, 6.07) is 53.2. The number of hydrogen-bond acceptors (Lipinski definition) is 3. The summed E-state index contributed by atoms with van der Waals surface area (Å²) in [6.45, 7) is 10.7. The van der Waals surface area contributed by atoms with E-state index in [0.29, 0.717) is 34.5 Å². The quantitative estimate of drug-likeness (QED) is 0.118. The van der Waals surface area contributed by atoms with Crippen molar-refractivity contribution in [2.24, 2.45) is 0 Å². The molecule has 0 aliphatic heterocycles. The van der Waals surface area contributed by atoms with Crippen molar-refractivity contribution < 1.29 is 42.0 Å². The van der Waals surface area contributed by atoms with Gasteiger partial charge >= 0.3 is 20.1 Å². The van der Waals surface area contributed by atoms with E-state index in [4.69, 9.17) is 17.9 Å². The van der Waals surface area contributed by atoms with Crippen molar-refractivity contribution in [3.05, 3.63) is 206 Å². The average Bonchev–Trinajstić information content (AvgIpc) is 3.91. The van der Waals surface area contributed by atoms with E-state index in [2.05, 4.69) is 151 Å². The van der Waals surface area contributed by atoms with Gasteiger partial charge in [0.1, 0.15) is 17.1 Å².